The Bertz CT molecular complexity index is 385. The van der Waals surface area contributed by atoms with Crippen molar-refractivity contribution >= 4 is 14.0 Å². The van der Waals surface area contributed by atoms with Crippen molar-refractivity contribution in [3.63, 3.8) is 0 Å². The van der Waals surface area contributed by atoms with E-state index in [4.69, 9.17) is 0 Å². The molecule has 22 heavy (non-hydrogen) atoms. The molecule has 0 saturated heterocycles. The zero-order valence-electron chi connectivity index (χ0n) is 15.7. The average molecular weight is 318 g/mol. The summed E-state index contributed by atoms with van der Waals surface area (Å²) in [7, 11) is -0.330. The molecular formula is C21H37Si. The molecule has 0 aliphatic rings. The topological polar surface area (TPSA) is 0 Å². The highest BCUT2D eigenvalue weighted by Gasteiger charge is 2.14. The van der Waals surface area contributed by atoms with Crippen LogP contribution in [0.15, 0.2) is 24.3 Å². The second-order valence-corrected chi connectivity index (χ2v) is 10.5. The van der Waals surface area contributed by atoms with Crippen LogP contribution in [0.4, 0.5) is 0 Å². The van der Waals surface area contributed by atoms with E-state index in [-0.39, 0.29) is 14.2 Å². The molecule has 0 aliphatic heterocycles. The Labute approximate surface area is 141 Å². The molecule has 0 aromatic heterocycles. The van der Waals surface area contributed by atoms with Gasteiger partial charge in [0.1, 0.15) is 0 Å². The highest BCUT2D eigenvalue weighted by Crippen LogP contribution is 2.21. The largest absolute Gasteiger partial charge is 0.0824 e. The lowest BCUT2D eigenvalue weighted by Crippen LogP contribution is -2.26. The van der Waals surface area contributed by atoms with E-state index in [1.807, 2.05) is 0 Å². The van der Waals surface area contributed by atoms with Crippen LogP contribution in [0.5, 0.6) is 0 Å². The molecule has 1 radical (unpaired) electrons. The van der Waals surface area contributed by atoms with Gasteiger partial charge in [0.15, 0.2) is 0 Å². The fraction of sp³-hybridized carbons (Fsp3) is 0.714. The van der Waals surface area contributed by atoms with E-state index in [9.17, 15) is 0 Å². The zero-order chi connectivity index (χ0) is 16.4. The van der Waals surface area contributed by atoms with Crippen LogP contribution < -0.4 is 5.19 Å². The van der Waals surface area contributed by atoms with Crippen molar-refractivity contribution in [3.05, 3.63) is 29.8 Å². The van der Waals surface area contributed by atoms with E-state index >= 15 is 0 Å². The predicted octanol–water partition coefficient (Wildman–Crippen LogP) is 6.46. The molecule has 0 spiro atoms. The summed E-state index contributed by atoms with van der Waals surface area (Å²) in [5, 5.41) is 1.61. The molecule has 125 valence electrons. The highest BCUT2D eigenvalue weighted by atomic mass is 28.3. The van der Waals surface area contributed by atoms with Crippen molar-refractivity contribution in [2.45, 2.75) is 97.1 Å². The lowest BCUT2D eigenvalue weighted by Gasteiger charge is -2.20. The fourth-order valence-corrected chi connectivity index (χ4v) is 4.73. The maximum absolute atomic E-state index is 2.48. The molecule has 0 bridgehead atoms. The van der Waals surface area contributed by atoms with Crippen LogP contribution in [-0.4, -0.2) is 8.80 Å². The van der Waals surface area contributed by atoms with Crippen LogP contribution in [0.1, 0.15) is 84.6 Å². The molecule has 0 unspecified atom stereocenters. The van der Waals surface area contributed by atoms with Gasteiger partial charge in [0, 0.05) is 0 Å². The third kappa shape index (κ3) is 7.62. The Morgan fingerprint density at radius 1 is 0.773 bits per heavy atom. The first-order valence-corrected chi connectivity index (χ1v) is 11.6. The number of benzene rings is 1. The summed E-state index contributed by atoms with van der Waals surface area (Å²) in [5.74, 6) is 0. The summed E-state index contributed by atoms with van der Waals surface area (Å²) in [6.07, 6.45) is 11.4. The summed E-state index contributed by atoms with van der Waals surface area (Å²) >= 11 is 0. The summed E-state index contributed by atoms with van der Waals surface area (Å²) in [6, 6.07) is 10.9. The summed E-state index contributed by atoms with van der Waals surface area (Å²) in [6.45, 7) is 11.7. The van der Waals surface area contributed by atoms with Gasteiger partial charge in [0.05, 0.1) is 8.80 Å². The summed E-state index contributed by atoms with van der Waals surface area (Å²) < 4.78 is 0. The van der Waals surface area contributed by atoms with Crippen LogP contribution in [0, 0.1) is 0 Å². The second kappa shape index (κ2) is 10.3. The number of rotatable bonds is 10. The standard InChI is InChI=1S/C21H37Si/c1-6-7-8-9-10-11-12-13-18-22(5)20-16-14-19(15-17-20)21(2,3)4/h14-17H,6-13,18H2,1-5H3. The maximum atomic E-state index is 2.48. The number of hydrogen-bond donors (Lipinski definition) is 0. The van der Waals surface area contributed by atoms with Crippen molar-refractivity contribution in [3.8, 4) is 0 Å². The van der Waals surface area contributed by atoms with Gasteiger partial charge in [0.25, 0.3) is 0 Å². The van der Waals surface area contributed by atoms with Gasteiger partial charge >= 0.3 is 0 Å². The lowest BCUT2D eigenvalue weighted by atomic mass is 9.87. The molecule has 0 saturated carbocycles. The Hall–Kier alpha value is -0.563. The predicted molar refractivity (Wildman–Crippen MR) is 104 cm³/mol. The minimum absolute atomic E-state index is 0.275. The Balaban J connectivity index is 2.21. The van der Waals surface area contributed by atoms with Gasteiger partial charge in [-0.15, -0.1) is 0 Å². The lowest BCUT2D eigenvalue weighted by molar-refractivity contribution is 0.584. The molecule has 0 nitrogen and oxygen atoms in total. The van der Waals surface area contributed by atoms with Gasteiger partial charge in [-0.3, -0.25) is 0 Å². The zero-order valence-corrected chi connectivity index (χ0v) is 16.7. The minimum atomic E-state index is -0.330. The van der Waals surface area contributed by atoms with E-state index in [2.05, 4.69) is 58.5 Å². The molecule has 1 aromatic carbocycles. The number of hydrogen-bond acceptors (Lipinski definition) is 0. The SMILES string of the molecule is CCCCCCCCCC[Si](C)c1ccc(C(C)(C)C)cc1. The fourth-order valence-electron chi connectivity index (χ4n) is 2.92. The molecule has 0 aliphatic carbocycles. The third-order valence-corrected chi connectivity index (χ3v) is 7.07. The smallest absolute Gasteiger partial charge is 0.0669 e. The first-order chi connectivity index (χ1) is 10.4. The van der Waals surface area contributed by atoms with Crippen LogP contribution in [-0.2, 0) is 5.41 Å². The Morgan fingerprint density at radius 3 is 1.77 bits per heavy atom. The second-order valence-electron chi connectivity index (χ2n) is 7.83. The molecule has 1 rings (SSSR count). The van der Waals surface area contributed by atoms with Crippen molar-refractivity contribution in [1.82, 2.24) is 0 Å². The van der Waals surface area contributed by atoms with Crippen molar-refractivity contribution in [2.75, 3.05) is 0 Å². The first kappa shape index (κ1) is 19.5. The van der Waals surface area contributed by atoms with Gasteiger partial charge in [0.2, 0.25) is 0 Å². The molecule has 1 aromatic rings. The van der Waals surface area contributed by atoms with Crippen LogP contribution in [0.2, 0.25) is 12.6 Å². The normalized spacial score (nSPS) is 12.1. The third-order valence-electron chi connectivity index (χ3n) is 4.65. The van der Waals surface area contributed by atoms with Crippen molar-refractivity contribution in [1.29, 1.82) is 0 Å². The van der Waals surface area contributed by atoms with Crippen LogP contribution in [0.3, 0.4) is 0 Å². The molecule has 0 amide bonds. The van der Waals surface area contributed by atoms with E-state index in [1.165, 1.54) is 63.0 Å². The minimum Gasteiger partial charge on any atom is -0.0669 e. The monoisotopic (exact) mass is 317 g/mol. The molecule has 1 heteroatoms. The van der Waals surface area contributed by atoms with Gasteiger partial charge in [-0.05, 0) is 11.0 Å². The van der Waals surface area contributed by atoms with E-state index in [0.29, 0.717) is 0 Å². The van der Waals surface area contributed by atoms with Crippen molar-refractivity contribution < 1.29 is 0 Å². The van der Waals surface area contributed by atoms with Gasteiger partial charge < -0.3 is 0 Å². The Morgan fingerprint density at radius 2 is 1.27 bits per heavy atom. The van der Waals surface area contributed by atoms with E-state index in [1.54, 1.807) is 5.19 Å². The highest BCUT2D eigenvalue weighted by molar-refractivity contribution is 6.71. The quantitative estimate of drug-likeness (QED) is 0.343. The Kier molecular flexibility index (Phi) is 9.08. The van der Waals surface area contributed by atoms with E-state index in [0.717, 1.165) is 0 Å². The van der Waals surface area contributed by atoms with Crippen LogP contribution >= 0.6 is 0 Å². The molecular weight excluding hydrogens is 280 g/mol. The number of unbranched alkanes of at least 4 members (excludes halogenated alkanes) is 7. The molecule has 0 heterocycles. The van der Waals surface area contributed by atoms with Gasteiger partial charge in [-0.2, -0.15) is 0 Å². The van der Waals surface area contributed by atoms with Gasteiger partial charge in [-0.1, -0.05) is 121 Å². The van der Waals surface area contributed by atoms with E-state index < -0.39 is 0 Å². The molecule has 0 atom stereocenters. The summed E-state index contributed by atoms with van der Waals surface area (Å²) in [4.78, 5) is 0. The molecule has 0 N–H and O–H groups in total. The molecule has 0 fully saturated rings. The first-order valence-electron chi connectivity index (χ1n) is 9.38. The van der Waals surface area contributed by atoms with Gasteiger partial charge in [-0.25, -0.2) is 0 Å². The maximum Gasteiger partial charge on any atom is 0.0824 e. The average Bonchev–Trinajstić information content (AvgIpc) is 2.49. The van der Waals surface area contributed by atoms with Crippen LogP contribution in [0.25, 0.3) is 0 Å². The summed E-state index contributed by atoms with van der Waals surface area (Å²) in [5.41, 5.74) is 1.73. The van der Waals surface area contributed by atoms with Crippen molar-refractivity contribution in [2.24, 2.45) is 0 Å².